The van der Waals surface area contributed by atoms with Crippen molar-refractivity contribution in [2.45, 2.75) is 17.8 Å². The van der Waals surface area contributed by atoms with Gasteiger partial charge in [-0.1, -0.05) is 52.3 Å². The Balaban J connectivity index is 1.47. The first-order chi connectivity index (χ1) is 13.1. The average molecular weight is 398 g/mol. The highest BCUT2D eigenvalue weighted by atomic mass is 35.5. The lowest BCUT2D eigenvalue weighted by molar-refractivity contribution is 0.391. The molecule has 4 aromatic rings. The lowest BCUT2D eigenvalue weighted by Gasteiger charge is -2.03. The number of hydrogen-bond acceptors (Lipinski definition) is 6. The summed E-state index contributed by atoms with van der Waals surface area (Å²) in [4.78, 5) is 4.47. The van der Waals surface area contributed by atoms with Crippen LogP contribution in [0.1, 0.15) is 11.5 Å². The number of thioether (sulfide) groups is 1. The minimum atomic E-state index is 0.519. The molecule has 0 aliphatic carbocycles. The molecule has 2 aromatic carbocycles. The van der Waals surface area contributed by atoms with E-state index < -0.39 is 0 Å². The van der Waals surface area contributed by atoms with Gasteiger partial charge in [-0.05, 0) is 37.3 Å². The van der Waals surface area contributed by atoms with Crippen LogP contribution in [0, 0.1) is 6.92 Å². The van der Waals surface area contributed by atoms with Gasteiger partial charge in [0.05, 0.1) is 5.75 Å². The Morgan fingerprint density at radius 2 is 1.89 bits per heavy atom. The predicted octanol–water partition coefficient (Wildman–Crippen LogP) is 4.79. The first-order valence-electron chi connectivity index (χ1n) is 8.28. The molecule has 2 aromatic heterocycles. The van der Waals surface area contributed by atoms with Gasteiger partial charge in [-0.25, -0.2) is 0 Å². The van der Waals surface area contributed by atoms with Crippen LogP contribution < -0.4 is 0 Å². The summed E-state index contributed by atoms with van der Waals surface area (Å²) in [6, 6.07) is 15.5. The van der Waals surface area contributed by atoms with Crippen molar-refractivity contribution >= 4 is 23.4 Å². The molecule has 2 heterocycles. The Labute approximate surface area is 165 Å². The van der Waals surface area contributed by atoms with Crippen molar-refractivity contribution in [1.82, 2.24) is 24.9 Å². The predicted molar refractivity (Wildman–Crippen MR) is 105 cm³/mol. The average Bonchev–Trinajstić information content (AvgIpc) is 3.28. The zero-order chi connectivity index (χ0) is 18.8. The number of halogens is 1. The Morgan fingerprint density at radius 3 is 2.67 bits per heavy atom. The van der Waals surface area contributed by atoms with Gasteiger partial charge in [0.15, 0.2) is 11.0 Å². The zero-order valence-corrected chi connectivity index (χ0v) is 16.3. The summed E-state index contributed by atoms with van der Waals surface area (Å²) in [5.41, 5.74) is 3.06. The third-order valence-electron chi connectivity index (χ3n) is 4.01. The van der Waals surface area contributed by atoms with E-state index in [2.05, 4.69) is 20.3 Å². The Bertz CT molecular complexity index is 1070. The highest BCUT2D eigenvalue weighted by Crippen LogP contribution is 2.26. The highest BCUT2D eigenvalue weighted by Gasteiger charge is 2.14. The Kier molecular flexibility index (Phi) is 4.96. The maximum absolute atomic E-state index is 5.95. The van der Waals surface area contributed by atoms with Crippen LogP contribution in [0.15, 0.2) is 58.2 Å². The van der Waals surface area contributed by atoms with Gasteiger partial charge in [0.25, 0.3) is 0 Å². The molecule has 0 N–H and O–H groups in total. The van der Waals surface area contributed by atoms with E-state index in [-0.39, 0.29) is 0 Å². The van der Waals surface area contributed by atoms with Gasteiger partial charge < -0.3 is 9.09 Å². The minimum Gasteiger partial charge on any atom is -0.338 e. The van der Waals surface area contributed by atoms with Crippen LogP contribution in [-0.2, 0) is 12.8 Å². The number of aryl methyl sites for hydroxylation is 1. The second kappa shape index (κ2) is 7.54. The molecular weight excluding hydrogens is 382 g/mol. The first kappa shape index (κ1) is 17.8. The molecule has 0 atom stereocenters. The lowest BCUT2D eigenvalue weighted by atomic mass is 10.1. The number of aromatic nitrogens is 5. The van der Waals surface area contributed by atoms with Crippen LogP contribution in [0.25, 0.3) is 22.8 Å². The Morgan fingerprint density at radius 1 is 1.07 bits per heavy atom. The summed E-state index contributed by atoms with van der Waals surface area (Å²) in [6.45, 7) is 2.03. The van der Waals surface area contributed by atoms with Crippen molar-refractivity contribution in [3.05, 3.63) is 65.0 Å². The molecule has 0 saturated carbocycles. The van der Waals surface area contributed by atoms with Gasteiger partial charge in [-0.15, -0.1) is 10.2 Å². The van der Waals surface area contributed by atoms with E-state index in [1.807, 2.05) is 67.1 Å². The molecule has 0 bridgehead atoms. The van der Waals surface area contributed by atoms with Crippen LogP contribution in [0.4, 0.5) is 0 Å². The smallest absolute Gasteiger partial charge is 0.237 e. The van der Waals surface area contributed by atoms with Crippen LogP contribution >= 0.6 is 23.4 Å². The van der Waals surface area contributed by atoms with Crippen LogP contribution in [0.5, 0.6) is 0 Å². The zero-order valence-electron chi connectivity index (χ0n) is 14.8. The van der Waals surface area contributed by atoms with Gasteiger partial charge in [0.2, 0.25) is 11.7 Å². The van der Waals surface area contributed by atoms with Crippen molar-refractivity contribution in [2.24, 2.45) is 7.05 Å². The van der Waals surface area contributed by atoms with Gasteiger partial charge in [0.1, 0.15) is 0 Å². The molecule has 0 aliphatic rings. The first-order valence-corrected chi connectivity index (χ1v) is 9.64. The van der Waals surface area contributed by atoms with Gasteiger partial charge in [-0.3, -0.25) is 0 Å². The van der Waals surface area contributed by atoms with Crippen LogP contribution in [-0.4, -0.2) is 24.9 Å². The molecule has 8 heteroatoms. The minimum absolute atomic E-state index is 0.519. The molecule has 0 amide bonds. The van der Waals surface area contributed by atoms with E-state index in [1.54, 1.807) is 0 Å². The summed E-state index contributed by atoms with van der Waals surface area (Å²) in [6.07, 6.45) is 0. The fourth-order valence-corrected chi connectivity index (χ4v) is 3.51. The molecule has 0 unspecified atom stereocenters. The molecule has 0 aliphatic heterocycles. The Hall–Kier alpha value is -2.64. The van der Waals surface area contributed by atoms with Crippen LogP contribution in [0.2, 0.25) is 5.02 Å². The topological polar surface area (TPSA) is 69.6 Å². The van der Waals surface area contributed by atoms with E-state index in [9.17, 15) is 0 Å². The molecule has 136 valence electrons. The van der Waals surface area contributed by atoms with E-state index in [4.69, 9.17) is 16.1 Å². The highest BCUT2D eigenvalue weighted by molar-refractivity contribution is 7.98. The van der Waals surface area contributed by atoms with Crippen molar-refractivity contribution in [3.63, 3.8) is 0 Å². The monoisotopic (exact) mass is 397 g/mol. The van der Waals surface area contributed by atoms with E-state index in [0.29, 0.717) is 22.5 Å². The molecular formula is C19H16ClN5OS. The maximum Gasteiger partial charge on any atom is 0.237 e. The van der Waals surface area contributed by atoms with E-state index in [0.717, 1.165) is 27.7 Å². The number of rotatable bonds is 5. The second-order valence-electron chi connectivity index (χ2n) is 6.04. The third kappa shape index (κ3) is 3.89. The SMILES string of the molecule is Cc1cccc(-c2noc(CSc3nnc(-c4ccc(Cl)cc4)n3C)n2)c1. The quantitative estimate of drug-likeness (QED) is 0.451. The normalized spacial score (nSPS) is 11.1. The molecule has 0 spiro atoms. The van der Waals surface area contributed by atoms with Crippen molar-refractivity contribution in [3.8, 4) is 22.8 Å². The standard InChI is InChI=1S/C19H16ClN5OS/c1-12-4-3-5-14(10-12)17-21-16(26-24-17)11-27-19-23-22-18(25(19)2)13-6-8-15(20)9-7-13/h3-10H,11H2,1-2H3. The van der Waals surface area contributed by atoms with Gasteiger partial charge >= 0.3 is 0 Å². The van der Waals surface area contributed by atoms with E-state index in [1.165, 1.54) is 11.8 Å². The molecule has 0 saturated heterocycles. The fraction of sp³-hybridized carbons (Fsp3) is 0.158. The van der Waals surface area contributed by atoms with Gasteiger partial charge in [0, 0.05) is 23.2 Å². The molecule has 27 heavy (non-hydrogen) atoms. The molecule has 0 fully saturated rings. The van der Waals surface area contributed by atoms with Crippen LogP contribution in [0.3, 0.4) is 0 Å². The lowest BCUT2D eigenvalue weighted by Crippen LogP contribution is -1.95. The maximum atomic E-state index is 5.95. The van der Waals surface area contributed by atoms with E-state index >= 15 is 0 Å². The number of hydrogen-bond donors (Lipinski definition) is 0. The number of nitrogens with zero attached hydrogens (tertiary/aromatic N) is 5. The molecule has 6 nitrogen and oxygen atoms in total. The van der Waals surface area contributed by atoms with Crippen molar-refractivity contribution in [2.75, 3.05) is 0 Å². The summed E-state index contributed by atoms with van der Waals surface area (Å²) in [5.74, 6) is 2.44. The number of benzene rings is 2. The van der Waals surface area contributed by atoms with Crippen molar-refractivity contribution < 1.29 is 4.52 Å². The summed E-state index contributed by atoms with van der Waals surface area (Å²) in [7, 11) is 1.93. The molecule has 0 radical (unpaired) electrons. The second-order valence-corrected chi connectivity index (χ2v) is 7.42. The van der Waals surface area contributed by atoms with Crippen molar-refractivity contribution in [1.29, 1.82) is 0 Å². The molecule has 4 rings (SSSR count). The summed E-state index contributed by atoms with van der Waals surface area (Å²) in [5, 5.41) is 14.1. The summed E-state index contributed by atoms with van der Waals surface area (Å²) < 4.78 is 7.31. The van der Waals surface area contributed by atoms with Gasteiger partial charge in [-0.2, -0.15) is 4.98 Å². The summed E-state index contributed by atoms with van der Waals surface area (Å²) >= 11 is 7.44. The third-order valence-corrected chi connectivity index (χ3v) is 5.26. The fourth-order valence-electron chi connectivity index (χ4n) is 2.63. The largest absolute Gasteiger partial charge is 0.338 e.